The van der Waals surface area contributed by atoms with E-state index in [2.05, 4.69) is 15.9 Å². The highest BCUT2D eigenvalue weighted by Crippen LogP contribution is 2.34. The van der Waals surface area contributed by atoms with Gasteiger partial charge >= 0.3 is 0 Å². The molecule has 0 N–H and O–H groups in total. The molecule has 0 aliphatic rings. The van der Waals surface area contributed by atoms with Crippen LogP contribution in [-0.4, -0.2) is 4.92 Å². The van der Waals surface area contributed by atoms with Crippen molar-refractivity contribution in [2.45, 2.75) is 10.6 Å². The summed E-state index contributed by atoms with van der Waals surface area (Å²) in [6.07, 6.45) is 0. The fourth-order valence-corrected chi connectivity index (χ4v) is 3.50. The summed E-state index contributed by atoms with van der Waals surface area (Å²) in [4.78, 5) is 11.4. The third-order valence-electron chi connectivity index (χ3n) is 2.47. The lowest BCUT2D eigenvalue weighted by Gasteiger charge is -2.06. The van der Waals surface area contributed by atoms with Crippen molar-refractivity contribution in [3.8, 4) is 0 Å². The molecule has 6 heteroatoms. The zero-order chi connectivity index (χ0) is 13.8. The number of nitro benzene ring substituents is 1. The van der Waals surface area contributed by atoms with E-state index >= 15 is 0 Å². The molecule has 0 saturated carbocycles. The van der Waals surface area contributed by atoms with E-state index in [1.165, 1.54) is 6.07 Å². The molecular weight excluding hydrogens is 350 g/mol. The van der Waals surface area contributed by atoms with Crippen LogP contribution in [0.25, 0.3) is 0 Å². The monoisotopic (exact) mass is 357 g/mol. The van der Waals surface area contributed by atoms with E-state index in [1.54, 1.807) is 17.8 Å². The summed E-state index contributed by atoms with van der Waals surface area (Å²) in [6, 6.07) is 12.6. The summed E-state index contributed by atoms with van der Waals surface area (Å²) < 4.78 is 0.527. The molecule has 98 valence electrons. The van der Waals surface area contributed by atoms with Crippen LogP contribution < -0.4 is 0 Å². The van der Waals surface area contributed by atoms with Crippen molar-refractivity contribution in [2.75, 3.05) is 0 Å². The van der Waals surface area contributed by atoms with E-state index in [9.17, 15) is 10.1 Å². The van der Waals surface area contributed by atoms with Gasteiger partial charge in [-0.25, -0.2) is 0 Å². The second-order valence-corrected chi connectivity index (χ2v) is 5.94. The summed E-state index contributed by atoms with van der Waals surface area (Å²) in [6.45, 7) is 0. The first-order valence-electron chi connectivity index (χ1n) is 5.38. The summed E-state index contributed by atoms with van der Waals surface area (Å²) in [7, 11) is 0. The molecule has 0 bridgehead atoms. The summed E-state index contributed by atoms with van der Waals surface area (Å²) >= 11 is 10.9. The zero-order valence-electron chi connectivity index (χ0n) is 9.68. The van der Waals surface area contributed by atoms with Crippen molar-refractivity contribution in [2.24, 2.45) is 0 Å². The van der Waals surface area contributed by atoms with Crippen LogP contribution in [0.3, 0.4) is 0 Å². The van der Waals surface area contributed by atoms with E-state index in [-0.39, 0.29) is 5.69 Å². The molecule has 0 saturated heterocycles. The smallest absolute Gasteiger partial charge is 0.258 e. The lowest BCUT2D eigenvalue weighted by atomic mass is 10.2. The molecule has 0 spiro atoms. The van der Waals surface area contributed by atoms with Crippen molar-refractivity contribution >= 4 is 45.0 Å². The lowest BCUT2D eigenvalue weighted by molar-refractivity contribution is -0.385. The highest BCUT2D eigenvalue weighted by molar-refractivity contribution is 9.10. The van der Waals surface area contributed by atoms with Gasteiger partial charge in [0.1, 0.15) is 0 Å². The maximum Gasteiger partial charge on any atom is 0.283 e. The summed E-state index contributed by atoms with van der Waals surface area (Å²) in [5, 5.41) is 11.5. The fourth-order valence-electron chi connectivity index (χ4n) is 1.54. The highest BCUT2D eigenvalue weighted by Gasteiger charge is 2.14. The number of hydrogen-bond donors (Lipinski definition) is 0. The van der Waals surface area contributed by atoms with Gasteiger partial charge in [0.15, 0.2) is 0 Å². The van der Waals surface area contributed by atoms with E-state index in [0.29, 0.717) is 15.2 Å². The molecule has 0 aliphatic heterocycles. The molecule has 0 unspecified atom stereocenters. The fraction of sp³-hybridized carbons (Fsp3) is 0.0769. The first kappa shape index (κ1) is 14.4. The number of hydrogen-bond acceptors (Lipinski definition) is 3. The molecule has 3 nitrogen and oxygen atoms in total. The predicted octanol–water partition coefficient (Wildman–Crippen LogP) is 5.30. The van der Waals surface area contributed by atoms with Crippen LogP contribution >= 0.6 is 39.3 Å². The molecule has 0 atom stereocenters. The van der Waals surface area contributed by atoms with Crippen LogP contribution in [0.1, 0.15) is 5.56 Å². The minimum absolute atomic E-state index is 0.0808. The van der Waals surface area contributed by atoms with Crippen molar-refractivity contribution in [3.05, 3.63) is 67.6 Å². The van der Waals surface area contributed by atoms with Crippen LogP contribution in [0, 0.1) is 10.1 Å². The van der Waals surface area contributed by atoms with Crippen LogP contribution in [0.15, 0.2) is 51.8 Å². The van der Waals surface area contributed by atoms with Gasteiger partial charge in [0.2, 0.25) is 0 Å². The second kappa shape index (κ2) is 6.41. The molecule has 0 fully saturated rings. The second-order valence-electron chi connectivity index (χ2n) is 3.73. The Morgan fingerprint density at radius 2 is 1.95 bits per heavy atom. The Morgan fingerprint density at radius 3 is 2.63 bits per heavy atom. The van der Waals surface area contributed by atoms with E-state index in [4.69, 9.17) is 11.6 Å². The number of nitrogens with zero attached hydrogens (tertiary/aromatic N) is 1. The molecule has 2 rings (SSSR count). The largest absolute Gasteiger partial charge is 0.283 e. The van der Waals surface area contributed by atoms with Crippen LogP contribution in [0.5, 0.6) is 0 Å². The van der Waals surface area contributed by atoms with Crippen molar-refractivity contribution in [1.82, 2.24) is 0 Å². The van der Waals surface area contributed by atoms with Crippen molar-refractivity contribution in [1.29, 1.82) is 0 Å². The lowest BCUT2D eigenvalue weighted by Crippen LogP contribution is -1.92. The molecule has 2 aromatic rings. The van der Waals surface area contributed by atoms with Gasteiger partial charge in [-0.3, -0.25) is 10.1 Å². The Balaban J connectivity index is 2.19. The molecule has 2 aromatic carbocycles. The summed E-state index contributed by atoms with van der Waals surface area (Å²) in [5.74, 6) is 0.617. The van der Waals surface area contributed by atoms with Gasteiger partial charge in [0.05, 0.1) is 14.4 Å². The third-order valence-corrected chi connectivity index (χ3v) is 4.95. The van der Waals surface area contributed by atoms with Gasteiger partial charge in [0, 0.05) is 16.7 Å². The average molecular weight is 359 g/mol. The third kappa shape index (κ3) is 3.49. The first-order valence-corrected chi connectivity index (χ1v) is 7.54. The topological polar surface area (TPSA) is 43.1 Å². The highest BCUT2D eigenvalue weighted by atomic mass is 79.9. The minimum Gasteiger partial charge on any atom is -0.258 e. The Kier molecular flexibility index (Phi) is 4.85. The van der Waals surface area contributed by atoms with Gasteiger partial charge in [-0.05, 0) is 33.6 Å². The van der Waals surface area contributed by atoms with Crippen LogP contribution in [-0.2, 0) is 5.75 Å². The molecule has 0 heterocycles. The Bertz CT molecular complexity index is 621. The standard InChI is InChI=1S/C13H9BrClNO2S/c14-13-9(4-3-6-11(13)16(17)18)8-19-12-7-2-1-5-10(12)15/h1-7H,8H2. The van der Waals surface area contributed by atoms with Crippen molar-refractivity contribution < 1.29 is 4.92 Å². The number of halogens is 2. The molecule has 19 heavy (non-hydrogen) atoms. The number of nitro groups is 1. The number of benzene rings is 2. The van der Waals surface area contributed by atoms with Crippen LogP contribution in [0.2, 0.25) is 5.02 Å². The van der Waals surface area contributed by atoms with E-state index in [0.717, 1.165) is 10.5 Å². The number of rotatable bonds is 4. The summed E-state index contributed by atoms with van der Waals surface area (Å²) in [5.41, 5.74) is 0.955. The van der Waals surface area contributed by atoms with Gasteiger partial charge < -0.3 is 0 Å². The van der Waals surface area contributed by atoms with E-state index in [1.807, 2.05) is 30.3 Å². The molecule has 0 radical (unpaired) electrons. The van der Waals surface area contributed by atoms with Gasteiger partial charge in [-0.2, -0.15) is 0 Å². The predicted molar refractivity (Wildman–Crippen MR) is 81.8 cm³/mol. The maximum atomic E-state index is 10.8. The number of thioether (sulfide) groups is 1. The van der Waals surface area contributed by atoms with Gasteiger partial charge in [-0.15, -0.1) is 11.8 Å². The molecular formula is C13H9BrClNO2S. The zero-order valence-corrected chi connectivity index (χ0v) is 12.8. The molecule has 0 aliphatic carbocycles. The van der Waals surface area contributed by atoms with Gasteiger partial charge in [0.25, 0.3) is 5.69 Å². The van der Waals surface area contributed by atoms with Crippen molar-refractivity contribution in [3.63, 3.8) is 0 Å². The quantitative estimate of drug-likeness (QED) is 0.423. The maximum absolute atomic E-state index is 10.8. The average Bonchev–Trinajstić information content (AvgIpc) is 2.39. The molecule has 0 aromatic heterocycles. The van der Waals surface area contributed by atoms with E-state index < -0.39 is 4.92 Å². The Labute approximate surface area is 128 Å². The van der Waals surface area contributed by atoms with Crippen LogP contribution in [0.4, 0.5) is 5.69 Å². The molecule has 0 amide bonds. The SMILES string of the molecule is O=[N+]([O-])c1cccc(CSc2ccccc2Cl)c1Br. The normalized spacial score (nSPS) is 10.4. The minimum atomic E-state index is -0.395. The Hall–Kier alpha value is -1.04. The Morgan fingerprint density at radius 1 is 1.21 bits per heavy atom. The van der Waals surface area contributed by atoms with Gasteiger partial charge in [-0.1, -0.05) is 35.9 Å². The first-order chi connectivity index (χ1) is 9.09.